The number of carbonyl (C=O) groups is 1. The van der Waals surface area contributed by atoms with Crippen molar-refractivity contribution in [3.8, 4) is 11.5 Å². The molecule has 1 heterocycles. The normalized spacial score (nSPS) is 10.6. The summed E-state index contributed by atoms with van der Waals surface area (Å²) in [5, 5.41) is 20.1. The lowest BCUT2D eigenvalue weighted by molar-refractivity contribution is -0.118. The van der Waals surface area contributed by atoms with Gasteiger partial charge in [0, 0.05) is 23.7 Å². The molecule has 6 nitrogen and oxygen atoms in total. The van der Waals surface area contributed by atoms with Crippen LogP contribution in [-0.4, -0.2) is 40.1 Å². The highest BCUT2D eigenvalue weighted by Crippen LogP contribution is 2.24. The van der Waals surface area contributed by atoms with Crippen molar-refractivity contribution < 1.29 is 14.3 Å². The van der Waals surface area contributed by atoms with Crippen molar-refractivity contribution in [1.29, 1.82) is 0 Å². The van der Waals surface area contributed by atoms with Gasteiger partial charge in [-0.2, -0.15) is 0 Å². The number of nitrogens with one attached hydrogen (secondary N) is 1. The second kappa shape index (κ2) is 8.02. The van der Waals surface area contributed by atoms with E-state index in [1.807, 2.05) is 0 Å². The molecule has 0 aliphatic carbocycles. The highest BCUT2D eigenvalue weighted by atomic mass is 35.5. The maximum atomic E-state index is 11.5. The summed E-state index contributed by atoms with van der Waals surface area (Å²) in [7, 11) is 0. The number of aliphatic hydroxyl groups is 1. The first-order valence-electron chi connectivity index (χ1n) is 6.29. The molecule has 2 N–H and O–H groups in total. The molecule has 0 fully saturated rings. The van der Waals surface area contributed by atoms with E-state index in [4.69, 9.17) is 21.1 Å². The van der Waals surface area contributed by atoms with E-state index < -0.39 is 0 Å². The summed E-state index contributed by atoms with van der Waals surface area (Å²) in [5.41, 5.74) is 0.770. The molecule has 21 heavy (non-hydrogen) atoms. The molecule has 0 aliphatic heterocycles. The van der Waals surface area contributed by atoms with Crippen molar-refractivity contribution in [3.63, 3.8) is 0 Å². The van der Waals surface area contributed by atoms with Gasteiger partial charge in [-0.3, -0.25) is 4.79 Å². The predicted octanol–water partition coefficient (Wildman–Crippen LogP) is 1.98. The lowest BCUT2D eigenvalue weighted by Gasteiger charge is -2.01. The fourth-order valence-corrected chi connectivity index (χ4v) is 2.18. The quantitative estimate of drug-likeness (QED) is 0.597. The number of aromatic nitrogens is 2. The number of amides is 1. The van der Waals surface area contributed by atoms with E-state index in [1.165, 1.54) is 0 Å². The molecular weight excluding hydrogens is 314 g/mol. The van der Waals surface area contributed by atoms with Crippen molar-refractivity contribution in [2.45, 2.75) is 11.6 Å². The number of halogens is 1. The zero-order chi connectivity index (χ0) is 15.1. The molecule has 0 spiro atoms. The van der Waals surface area contributed by atoms with E-state index >= 15 is 0 Å². The number of aliphatic hydroxyl groups excluding tert-OH is 1. The van der Waals surface area contributed by atoms with Crippen LogP contribution in [0.1, 0.15) is 6.42 Å². The zero-order valence-electron chi connectivity index (χ0n) is 11.1. The minimum Gasteiger partial charge on any atom is -0.411 e. The van der Waals surface area contributed by atoms with Crippen molar-refractivity contribution in [3.05, 3.63) is 29.3 Å². The molecule has 0 radical (unpaired) electrons. The summed E-state index contributed by atoms with van der Waals surface area (Å²) < 4.78 is 5.46. The molecule has 0 unspecified atom stereocenters. The number of benzene rings is 1. The number of nitrogens with zero attached hydrogens (tertiary/aromatic N) is 2. The Morgan fingerprint density at radius 1 is 1.33 bits per heavy atom. The van der Waals surface area contributed by atoms with Crippen molar-refractivity contribution >= 4 is 29.3 Å². The van der Waals surface area contributed by atoms with Crippen LogP contribution < -0.4 is 5.32 Å². The first kappa shape index (κ1) is 15.8. The molecule has 0 bridgehead atoms. The molecule has 1 amide bonds. The summed E-state index contributed by atoms with van der Waals surface area (Å²) in [6.07, 6.45) is 0.539. The highest BCUT2D eigenvalue weighted by Gasteiger charge is 2.10. The average Bonchev–Trinajstić information content (AvgIpc) is 2.95. The van der Waals surface area contributed by atoms with Crippen LogP contribution in [0.4, 0.5) is 0 Å². The Bertz CT molecular complexity index is 589. The van der Waals surface area contributed by atoms with E-state index in [2.05, 4.69) is 15.5 Å². The number of thioether (sulfide) groups is 1. The van der Waals surface area contributed by atoms with Gasteiger partial charge in [-0.25, -0.2) is 0 Å². The standard InChI is InChI=1S/C13H14ClN3O3S/c14-10-4-2-9(3-5-10)12-16-17-13(20-12)21-8-11(19)15-6-1-7-18/h2-5,18H,1,6-8H2,(H,15,19). The number of hydrogen-bond donors (Lipinski definition) is 2. The smallest absolute Gasteiger partial charge is 0.277 e. The molecule has 2 rings (SSSR count). The molecule has 8 heteroatoms. The number of carbonyl (C=O) groups excluding carboxylic acids is 1. The van der Waals surface area contributed by atoms with Crippen LogP contribution in [0.25, 0.3) is 11.5 Å². The Morgan fingerprint density at radius 3 is 2.81 bits per heavy atom. The molecule has 0 saturated heterocycles. The fourth-order valence-electron chi connectivity index (χ4n) is 1.46. The second-order valence-electron chi connectivity index (χ2n) is 4.10. The summed E-state index contributed by atoms with van der Waals surface area (Å²) in [4.78, 5) is 11.5. The Labute approximate surface area is 130 Å². The van der Waals surface area contributed by atoms with Crippen molar-refractivity contribution in [1.82, 2.24) is 15.5 Å². The van der Waals surface area contributed by atoms with Crippen molar-refractivity contribution in [2.24, 2.45) is 0 Å². The third-order valence-corrected chi connectivity index (χ3v) is 3.55. The Hall–Kier alpha value is -1.57. The number of rotatable bonds is 7. The van der Waals surface area contributed by atoms with Crippen LogP contribution in [0.15, 0.2) is 33.9 Å². The van der Waals surface area contributed by atoms with Crippen LogP contribution in [0.2, 0.25) is 5.02 Å². The molecule has 0 aliphatic rings. The third kappa shape index (κ3) is 5.04. The molecule has 1 aromatic heterocycles. The van der Waals surface area contributed by atoms with E-state index in [0.29, 0.717) is 29.1 Å². The van der Waals surface area contributed by atoms with E-state index in [1.54, 1.807) is 24.3 Å². The zero-order valence-corrected chi connectivity index (χ0v) is 12.7. The molecule has 0 atom stereocenters. The highest BCUT2D eigenvalue weighted by molar-refractivity contribution is 7.99. The second-order valence-corrected chi connectivity index (χ2v) is 5.46. The Morgan fingerprint density at radius 2 is 2.10 bits per heavy atom. The molecule has 1 aromatic carbocycles. The minimum absolute atomic E-state index is 0.0571. The summed E-state index contributed by atoms with van der Waals surface area (Å²) in [6.45, 7) is 0.511. The van der Waals surface area contributed by atoms with E-state index in [9.17, 15) is 4.79 Å². The average molecular weight is 328 g/mol. The minimum atomic E-state index is -0.139. The lowest BCUT2D eigenvalue weighted by Crippen LogP contribution is -2.26. The van der Waals surface area contributed by atoms with Crippen LogP contribution >= 0.6 is 23.4 Å². The summed E-state index contributed by atoms with van der Waals surface area (Å²) in [6, 6.07) is 7.04. The van der Waals surface area contributed by atoms with Gasteiger partial charge in [-0.1, -0.05) is 23.4 Å². The van der Waals surface area contributed by atoms with Crippen molar-refractivity contribution in [2.75, 3.05) is 18.9 Å². The molecule has 2 aromatic rings. The van der Waals surface area contributed by atoms with Gasteiger partial charge in [0.15, 0.2) is 0 Å². The van der Waals surface area contributed by atoms with Gasteiger partial charge in [0.05, 0.1) is 5.75 Å². The monoisotopic (exact) mass is 327 g/mol. The maximum absolute atomic E-state index is 11.5. The van der Waals surface area contributed by atoms with Gasteiger partial charge in [-0.05, 0) is 30.7 Å². The molecule has 0 saturated carbocycles. The van der Waals surface area contributed by atoms with Crippen LogP contribution in [0.3, 0.4) is 0 Å². The van der Waals surface area contributed by atoms with Gasteiger partial charge in [-0.15, -0.1) is 10.2 Å². The van der Waals surface area contributed by atoms with E-state index in [-0.39, 0.29) is 18.3 Å². The fraction of sp³-hybridized carbons (Fsp3) is 0.308. The molecular formula is C13H14ClN3O3S. The topological polar surface area (TPSA) is 88.2 Å². The Kier molecular flexibility index (Phi) is 6.04. The van der Waals surface area contributed by atoms with Crippen LogP contribution in [0.5, 0.6) is 0 Å². The lowest BCUT2D eigenvalue weighted by atomic mass is 10.2. The van der Waals surface area contributed by atoms with Gasteiger partial charge in [0.25, 0.3) is 5.22 Å². The van der Waals surface area contributed by atoms with Gasteiger partial charge >= 0.3 is 0 Å². The molecule has 112 valence electrons. The van der Waals surface area contributed by atoms with Gasteiger partial charge < -0.3 is 14.8 Å². The summed E-state index contributed by atoms with van der Waals surface area (Å²) >= 11 is 6.97. The number of hydrogen-bond acceptors (Lipinski definition) is 6. The van der Waals surface area contributed by atoms with Gasteiger partial charge in [0.2, 0.25) is 11.8 Å². The SMILES string of the molecule is O=C(CSc1nnc(-c2ccc(Cl)cc2)o1)NCCCO. The first-order valence-corrected chi connectivity index (χ1v) is 7.65. The predicted molar refractivity (Wildman–Crippen MR) is 80.2 cm³/mol. The maximum Gasteiger partial charge on any atom is 0.277 e. The first-order chi connectivity index (χ1) is 10.2. The van der Waals surface area contributed by atoms with Crippen LogP contribution in [0, 0.1) is 0 Å². The Balaban J connectivity index is 1.86. The van der Waals surface area contributed by atoms with Crippen LogP contribution in [-0.2, 0) is 4.79 Å². The largest absolute Gasteiger partial charge is 0.411 e. The summed E-state index contributed by atoms with van der Waals surface area (Å²) in [5.74, 6) is 0.433. The third-order valence-electron chi connectivity index (χ3n) is 2.48. The van der Waals surface area contributed by atoms with E-state index in [0.717, 1.165) is 17.3 Å². The van der Waals surface area contributed by atoms with Gasteiger partial charge in [0.1, 0.15) is 0 Å².